The zero-order chi connectivity index (χ0) is 29.1. The van der Waals surface area contributed by atoms with Crippen molar-refractivity contribution in [3.8, 4) is 0 Å². The molecule has 42 heavy (non-hydrogen) atoms. The fourth-order valence-electron chi connectivity index (χ4n) is 4.83. The molecule has 0 saturated carbocycles. The van der Waals surface area contributed by atoms with Crippen LogP contribution in [0.25, 0.3) is 0 Å². The summed E-state index contributed by atoms with van der Waals surface area (Å²) in [6.45, 7) is 0. The van der Waals surface area contributed by atoms with E-state index in [1.807, 2.05) is 91.0 Å². The van der Waals surface area contributed by atoms with E-state index in [4.69, 9.17) is 4.74 Å². The summed E-state index contributed by atoms with van der Waals surface area (Å²) in [7, 11) is 1.70. The van der Waals surface area contributed by atoms with Crippen LogP contribution in [0.1, 0.15) is 22.8 Å². The van der Waals surface area contributed by atoms with Gasteiger partial charge in [0.15, 0.2) is 6.10 Å². The predicted octanol–water partition coefficient (Wildman–Crippen LogP) is 3.49. The Kier molecular flexibility index (Phi) is 8.06. The first-order chi connectivity index (χ1) is 20.5. The van der Waals surface area contributed by atoms with Crippen molar-refractivity contribution in [2.45, 2.75) is 29.1 Å². The molecule has 0 unspecified atom stereocenters. The number of β-lactam (4-membered cyclic amide) rings is 1. The molecule has 3 heterocycles. The highest BCUT2D eigenvalue weighted by Crippen LogP contribution is 2.45. The van der Waals surface area contributed by atoms with Crippen LogP contribution in [0.4, 0.5) is 0 Å². The third-order valence-corrected chi connectivity index (χ3v) is 9.45. The summed E-state index contributed by atoms with van der Waals surface area (Å²) >= 11 is 2.68. The van der Waals surface area contributed by atoms with Crippen LogP contribution in [0.3, 0.4) is 0 Å². The van der Waals surface area contributed by atoms with E-state index in [-0.39, 0.29) is 23.9 Å². The second-order valence-corrected chi connectivity index (χ2v) is 11.9. The number of nitrogens with one attached hydrogen (secondary N) is 1. The van der Waals surface area contributed by atoms with Crippen LogP contribution in [0.2, 0.25) is 0 Å². The molecule has 6 rings (SSSR count). The van der Waals surface area contributed by atoms with E-state index in [0.29, 0.717) is 15.8 Å². The van der Waals surface area contributed by atoms with Gasteiger partial charge < -0.3 is 10.1 Å². The molecule has 1 fully saturated rings. The number of fused-ring (bicyclic) bond motifs is 1. The van der Waals surface area contributed by atoms with Gasteiger partial charge in [0.05, 0.1) is 6.42 Å². The van der Waals surface area contributed by atoms with Gasteiger partial charge in [-0.25, -0.2) is 9.48 Å². The molecular weight excluding hydrogens is 573 g/mol. The van der Waals surface area contributed by atoms with Crippen molar-refractivity contribution < 1.29 is 19.1 Å². The first-order valence-electron chi connectivity index (χ1n) is 13.2. The Balaban J connectivity index is 1.29. The molecular formula is C30H26N6O4S2. The fraction of sp³-hybridized carbons (Fsp3) is 0.200. The van der Waals surface area contributed by atoms with Gasteiger partial charge >= 0.3 is 5.97 Å². The second-order valence-electron chi connectivity index (χ2n) is 9.68. The Bertz CT molecular complexity index is 1590. The van der Waals surface area contributed by atoms with Crippen molar-refractivity contribution in [1.29, 1.82) is 0 Å². The summed E-state index contributed by atoms with van der Waals surface area (Å²) in [5.74, 6) is -0.863. The van der Waals surface area contributed by atoms with E-state index >= 15 is 0 Å². The van der Waals surface area contributed by atoms with E-state index in [1.165, 1.54) is 33.1 Å². The summed E-state index contributed by atoms with van der Waals surface area (Å²) in [6, 6.07) is 27.5. The SMILES string of the molecule is Cn1nnnc1SC1=C(C(=O)OC(c2ccccc2)c2ccccc2)N2C(=O)[C@@H](NC(=O)Cc3ccccc3)[C@H]2SC1. The molecule has 0 radical (unpaired) electrons. The van der Waals surface area contributed by atoms with Crippen LogP contribution in [0.15, 0.2) is 107 Å². The number of nitrogens with zero attached hydrogens (tertiary/aromatic N) is 5. The third kappa shape index (κ3) is 5.68. The van der Waals surface area contributed by atoms with Gasteiger partial charge in [0, 0.05) is 17.7 Å². The molecule has 0 spiro atoms. The minimum atomic E-state index is -0.754. The monoisotopic (exact) mass is 598 g/mol. The lowest BCUT2D eigenvalue weighted by Gasteiger charge is -2.49. The van der Waals surface area contributed by atoms with E-state index in [1.54, 1.807) is 7.05 Å². The van der Waals surface area contributed by atoms with Crippen molar-refractivity contribution in [1.82, 2.24) is 30.4 Å². The molecule has 1 N–H and O–H groups in total. The van der Waals surface area contributed by atoms with E-state index in [9.17, 15) is 14.4 Å². The van der Waals surface area contributed by atoms with Gasteiger partial charge in [0.25, 0.3) is 5.91 Å². The smallest absolute Gasteiger partial charge is 0.356 e. The number of rotatable bonds is 9. The standard InChI is InChI=1S/C30H26N6O4S2/c1-35-30(32-33-34-35)42-22-18-41-28-24(31-23(37)17-19-11-5-2-6-12-19)27(38)36(28)25(22)29(39)40-26(20-13-7-3-8-14-20)21-15-9-4-10-16-21/h2-16,24,26,28H,17-18H2,1H3,(H,31,37)/t24-,28-/m1/s1. The minimum Gasteiger partial charge on any atom is -0.448 e. The Morgan fingerprint density at radius 2 is 1.62 bits per heavy atom. The first-order valence-corrected chi connectivity index (χ1v) is 15.1. The maximum absolute atomic E-state index is 14.0. The number of aromatic nitrogens is 4. The van der Waals surface area contributed by atoms with Crippen LogP contribution in [0, 0.1) is 0 Å². The topological polar surface area (TPSA) is 119 Å². The fourth-order valence-corrected chi connectivity index (χ4v) is 7.21. The number of aryl methyl sites for hydroxylation is 1. The van der Waals surface area contributed by atoms with Crippen LogP contribution in [-0.4, -0.2) is 60.1 Å². The van der Waals surface area contributed by atoms with Gasteiger partial charge in [-0.15, -0.1) is 16.9 Å². The Labute approximate surface area is 250 Å². The van der Waals surface area contributed by atoms with Crippen molar-refractivity contribution in [2.75, 3.05) is 5.75 Å². The zero-order valence-electron chi connectivity index (χ0n) is 22.5. The highest BCUT2D eigenvalue weighted by molar-refractivity contribution is 8.06. The molecule has 2 amide bonds. The average Bonchev–Trinajstić information content (AvgIpc) is 3.43. The lowest BCUT2D eigenvalue weighted by molar-refractivity contribution is -0.154. The zero-order valence-corrected chi connectivity index (χ0v) is 24.1. The average molecular weight is 599 g/mol. The molecule has 3 aromatic carbocycles. The summed E-state index contributed by atoms with van der Waals surface area (Å²) in [6.07, 6.45) is -0.538. The molecule has 2 aliphatic heterocycles. The minimum absolute atomic E-state index is 0.141. The van der Waals surface area contributed by atoms with Gasteiger partial charge in [-0.2, -0.15) is 0 Å². The Morgan fingerprint density at radius 3 is 2.21 bits per heavy atom. The summed E-state index contributed by atoms with van der Waals surface area (Å²) < 4.78 is 7.68. The number of esters is 1. The third-order valence-electron chi connectivity index (χ3n) is 6.88. The van der Waals surface area contributed by atoms with Crippen molar-refractivity contribution >= 4 is 41.3 Å². The number of hydrogen-bond donors (Lipinski definition) is 1. The molecule has 4 aromatic rings. The Morgan fingerprint density at radius 1 is 1.00 bits per heavy atom. The lowest BCUT2D eigenvalue weighted by Crippen LogP contribution is -2.70. The van der Waals surface area contributed by atoms with Gasteiger partial charge in [0.2, 0.25) is 11.1 Å². The Hall–Kier alpha value is -4.42. The number of benzene rings is 3. The molecule has 1 aromatic heterocycles. The van der Waals surface area contributed by atoms with Gasteiger partial charge in [0.1, 0.15) is 17.1 Å². The van der Waals surface area contributed by atoms with Crippen LogP contribution >= 0.6 is 23.5 Å². The van der Waals surface area contributed by atoms with Crippen LogP contribution in [0.5, 0.6) is 0 Å². The lowest BCUT2D eigenvalue weighted by atomic mass is 10.0. The molecule has 2 atom stereocenters. The number of hydrogen-bond acceptors (Lipinski definition) is 9. The molecule has 2 aliphatic rings. The first kappa shape index (κ1) is 27.7. The quantitative estimate of drug-likeness (QED) is 0.228. The number of thioether (sulfide) groups is 2. The van der Waals surface area contributed by atoms with Crippen molar-refractivity contribution in [3.05, 3.63) is 118 Å². The van der Waals surface area contributed by atoms with E-state index in [0.717, 1.165) is 16.7 Å². The normalized spacial score (nSPS) is 18.0. The van der Waals surface area contributed by atoms with Gasteiger partial charge in [-0.1, -0.05) is 91.0 Å². The van der Waals surface area contributed by atoms with E-state index < -0.39 is 23.5 Å². The van der Waals surface area contributed by atoms with Crippen LogP contribution in [-0.2, 0) is 32.6 Å². The molecule has 1 saturated heterocycles. The highest BCUT2D eigenvalue weighted by atomic mass is 32.2. The maximum Gasteiger partial charge on any atom is 0.356 e. The van der Waals surface area contributed by atoms with Crippen molar-refractivity contribution in [2.24, 2.45) is 7.05 Å². The molecule has 12 heteroatoms. The molecule has 212 valence electrons. The highest BCUT2D eigenvalue weighted by Gasteiger charge is 2.55. The van der Waals surface area contributed by atoms with Crippen molar-refractivity contribution in [3.63, 3.8) is 0 Å². The predicted molar refractivity (Wildman–Crippen MR) is 158 cm³/mol. The number of tetrazole rings is 1. The van der Waals surface area contributed by atoms with Gasteiger partial charge in [-0.05, 0) is 38.9 Å². The largest absolute Gasteiger partial charge is 0.448 e. The molecule has 0 bridgehead atoms. The number of ether oxygens (including phenoxy) is 1. The molecule has 0 aliphatic carbocycles. The van der Waals surface area contributed by atoms with E-state index in [2.05, 4.69) is 20.8 Å². The second kappa shape index (κ2) is 12.2. The summed E-state index contributed by atoms with van der Waals surface area (Å²) in [4.78, 5) is 42.4. The summed E-state index contributed by atoms with van der Waals surface area (Å²) in [5.41, 5.74) is 2.59. The number of amides is 2. The summed E-state index contributed by atoms with van der Waals surface area (Å²) in [5, 5.41) is 14.5. The number of carbonyl (C=O) groups is 3. The number of carbonyl (C=O) groups excluding carboxylic acids is 3. The van der Waals surface area contributed by atoms with Gasteiger partial charge in [-0.3, -0.25) is 14.5 Å². The maximum atomic E-state index is 14.0. The van der Waals surface area contributed by atoms with Crippen LogP contribution < -0.4 is 5.32 Å². The molecule has 10 nitrogen and oxygen atoms in total.